The molecule has 0 amide bonds. The van der Waals surface area contributed by atoms with Gasteiger partial charge in [0.1, 0.15) is 6.10 Å². The van der Waals surface area contributed by atoms with Crippen LogP contribution in [0.3, 0.4) is 0 Å². The maximum atomic E-state index is 11.3. The van der Waals surface area contributed by atoms with Gasteiger partial charge in [-0.1, -0.05) is 41.5 Å². The third kappa shape index (κ3) is 3.65. The maximum Gasteiger partial charge on any atom is 0.200 e. The molecule has 0 saturated carbocycles. The van der Waals surface area contributed by atoms with Crippen LogP contribution in [0.25, 0.3) is 0 Å². The van der Waals surface area contributed by atoms with Crippen molar-refractivity contribution in [2.45, 2.75) is 84.2 Å². The fourth-order valence-corrected chi connectivity index (χ4v) is 8.71. The minimum Gasteiger partial charge on any atom is -0.410 e. The molecule has 3 nitrogen and oxygen atoms in total. The molecule has 0 aromatic carbocycles. The molecule has 0 heterocycles. The molecule has 4 heteroatoms. The van der Waals surface area contributed by atoms with Gasteiger partial charge in [-0.15, -0.1) is 0 Å². The van der Waals surface area contributed by atoms with Crippen LogP contribution in [0, 0.1) is 0 Å². The standard InChI is InChI=1S/C14H30O3Si/c1-9(2)18(10(3)4,11(5)6)17-13(8)14(16)12(7)15/h9-11,13-14,16H,1-8H3/t13-,14+/m0/s1. The van der Waals surface area contributed by atoms with Gasteiger partial charge in [0.25, 0.3) is 0 Å². The number of aliphatic hydroxyl groups is 1. The minimum atomic E-state index is -2.01. The molecule has 0 unspecified atom stereocenters. The predicted molar refractivity (Wildman–Crippen MR) is 78.3 cm³/mol. The molecule has 0 aliphatic heterocycles. The van der Waals surface area contributed by atoms with E-state index < -0.39 is 20.5 Å². The van der Waals surface area contributed by atoms with Crippen molar-refractivity contribution in [3.8, 4) is 0 Å². The van der Waals surface area contributed by atoms with Crippen molar-refractivity contribution >= 4 is 14.1 Å². The van der Waals surface area contributed by atoms with E-state index in [9.17, 15) is 9.90 Å². The molecule has 0 fully saturated rings. The Morgan fingerprint density at radius 2 is 1.28 bits per heavy atom. The summed E-state index contributed by atoms with van der Waals surface area (Å²) in [5.74, 6) is -0.221. The average molecular weight is 274 g/mol. The Labute approximate surface area is 113 Å². The molecule has 0 radical (unpaired) electrons. The summed E-state index contributed by atoms with van der Waals surface area (Å²) < 4.78 is 6.31. The highest BCUT2D eigenvalue weighted by Gasteiger charge is 2.47. The largest absolute Gasteiger partial charge is 0.410 e. The van der Waals surface area contributed by atoms with Crippen LogP contribution in [0.2, 0.25) is 16.6 Å². The second kappa shape index (κ2) is 6.82. The molecular weight excluding hydrogens is 244 g/mol. The molecule has 0 aliphatic rings. The van der Waals surface area contributed by atoms with E-state index in [2.05, 4.69) is 41.5 Å². The summed E-state index contributed by atoms with van der Waals surface area (Å²) in [6, 6.07) is 0. The monoisotopic (exact) mass is 274 g/mol. The second-order valence-corrected chi connectivity index (χ2v) is 11.6. The van der Waals surface area contributed by atoms with Gasteiger partial charge in [-0.3, -0.25) is 4.79 Å². The molecule has 0 spiro atoms. The van der Waals surface area contributed by atoms with E-state index in [1.165, 1.54) is 6.92 Å². The third-order valence-electron chi connectivity index (χ3n) is 3.96. The van der Waals surface area contributed by atoms with Crippen molar-refractivity contribution < 1.29 is 14.3 Å². The highest BCUT2D eigenvalue weighted by Crippen LogP contribution is 2.43. The van der Waals surface area contributed by atoms with E-state index in [-0.39, 0.29) is 5.78 Å². The van der Waals surface area contributed by atoms with Crippen LogP contribution in [0.4, 0.5) is 0 Å². The Balaban J connectivity index is 5.18. The first-order valence-electron chi connectivity index (χ1n) is 6.93. The summed E-state index contributed by atoms with van der Waals surface area (Å²) in [6.45, 7) is 16.4. The first-order valence-corrected chi connectivity index (χ1v) is 9.07. The first-order chi connectivity index (χ1) is 8.07. The molecular formula is C14H30O3Si. The van der Waals surface area contributed by atoms with Gasteiger partial charge in [0.2, 0.25) is 8.32 Å². The van der Waals surface area contributed by atoms with E-state index in [0.29, 0.717) is 16.6 Å². The van der Waals surface area contributed by atoms with E-state index in [4.69, 9.17) is 4.43 Å². The highest BCUT2D eigenvalue weighted by atomic mass is 28.4. The molecule has 0 rings (SSSR count). The van der Waals surface area contributed by atoms with Gasteiger partial charge >= 0.3 is 0 Å². The molecule has 0 aromatic rings. The smallest absolute Gasteiger partial charge is 0.200 e. The van der Waals surface area contributed by atoms with Crippen molar-refractivity contribution in [3.63, 3.8) is 0 Å². The number of hydrogen-bond donors (Lipinski definition) is 1. The molecule has 18 heavy (non-hydrogen) atoms. The predicted octanol–water partition coefficient (Wildman–Crippen LogP) is 3.52. The molecule has 1 N–H and O–H groups in total. The fraction of sp³-hybridized carbons (Fsp3) is 0.929. The van der Waals surface area contributed by atoms with E-state index in [0.717, 1.165) is 0 Å². The maximum absolute atomic E-state index is 11.3. The number of ketones is 1. The topological polar surface area (TPSA) is 46.5 Å². The lowest BCUT2D eigenvalue weighted by atomic mass is 10.2. The van der Waals surface area contributed by atoms with Gasteiger partial charge in [-0.25, -0.2) is 0 Å². The summed E-state index contributed by atoms with van der Waals surface area (Å²) >= 11 is 0. The number of hydrogen-bond acceptors (Lipinski definition) is 3. The summed E-state index contributed by atoms with van der Waals surface area (Å²) in [6.07, 6.45) is -1.42. The van der Waals surface area contributed by atoms with E-state index >= 15 is 0 Å². The normalized spacial score (nSPS) is 16.4. The molecule has 108 valence electrons. The summed E-state index contributed by atoms with van der Waals surface area (Å²) in [5.41, 5.74) is 1.37. The Morgan fingerprint density at radius 3 is 1.50 bits per heavy atom. The zero-order valence-electron chi connectivity index (χ0n) is 13.2. The van der Waals surface area contributed by atoms with Crippen molar-refractivity contribution in [1.29, 1.82) is 0 Å². The zero-order chi connectivity index (χ0) is 14.7. The average Bonchev–Trinajstić information content (AvgIpc) is 2.22. The van der Waals surface area contributed by atoms with Crippen LogP contribution in [-0.2, 0) is 9.22 Å². The number of rotatable bonds is 7. The van der Waals surface area contributed by atoms with Gasteiger partial charge < -0.3 is 9.53 Å². The van der Waals surface area contributed by atoms with Crippen LogP contribution in [0.15, 0.2) is 0 Å². The van der Waals surface area contributed by atoms with Crippen LogP contribution in [-0.4, -0.2) is 31.4 Å². The van der Waals surface area contributed by atoms with Crippen molar-refractivity contribution in [1.82, 2.24) is 0 Å². The number of carbonyl (C=O) groups is 1. The Morgan fingerprint density at radius 1 is 0.944 bits per heavy atom. The zero-order valence-corrected chi connectivity index (χ0v) is 14.2. The van der Waals surface area contributed by atoms with Crippen molar-refractivity contribution in [2.75, 3.05) is 0 Å². The van der Waals surface area contributed by atoms with Gasteiger partial charge in [0.05, 0.1) is 6.10 Å². The fourth-order valence-electron chi connectivity index (χ4n) is 3.13. The van der Waals surface area contributed by atoms with Crippen LogP contribution in [0.1, 0.15) is 55.4 Å². The lowest BCUT2D eigenvalue weighted by Gasteiger charge is -2.44. The number of carbonyl (C=O) groups excluding carboxylic acids is 1. The number of Topliss-reactive ketones (excluding diaryl/α,β-unsaturated/α-hetero) is 1. The quantitative estimate of drug-likeness (QED) is 0.723. The minimum absolute atomic E-state index is 0.221. The van der Waals surface area contributed by atoms with Crippen LogP contribution < -0.4 is 0 Å². The lowest BCUT2D eigenvalue weighted by Crippen LogP contribution is -2.52. The van der Waals surface area contributed by atoms with Crippen LogP contribution >= 0.6 is 0 Å². The van der Waals surface area contributed by atoms with Gasteiger partial charge in [0.15, 0.2) is 5.78 Å². The molecule has 0 bridgehead atoms. The van der Waals surface area contributed by atoms with Gasteiger partial charge in [-0.2, -0.15) is 0 Å². The molecule has 0 aliphatic carbocycles. The number of aliphatic hydroxyl groups excluding tert-OH is 1. The van der Waals surface area contributed by atoms with Crippen LogP contribution in [0.5, 0.6) is 0 Å². The molecule has 0 saturated heterocycles. The summed E-state index contributed by atoms with van der Waals surface area (Å²) in [4.78, 5) is 11.3. The SMILES string of the molecule is CC(=O)[C@@H](O)[C@H](C)O[Si](C(C)C)(C(C)C)C(C)C. The third-order valence-corrected chi connectivity index (χ3v) is 10.2. The second-order valence-electron chi connectivity index (χ2n) is 6.20. The Hall–Kier alpha value is -0.193. The van der Waals surface area contributed by atoms with Crippen molar-refractivity contribution in [2.24, 2.45) is 0 Å². The van der Waals surface area contributed by atoms with E-state index in [1.807, 2.05) is 0 Å². The van der Waals surface area contributed by atoms with Gasteiger partial charge in [-0.05, 0) is 30.5 Å². The summed E-state index contributed by atoms with van der Waals surface area (Å²) in [5, 5.41) is 9.85. The first kappa shape index (κ1) is 17.8. The lowest BCUT2D eigenvalue weighted by molar-refractivity contribution is -0.129. The van der Waals surface area contributed by atoms with Crippen molar-refractivity contribution in [3.05, 3.63) is 0 Å². The molecule has 2 atom stereocenters. The molecule has 0 aromatic heterocycles. The Kier molecular flexibility index (Phi) is 6.75. The van der Waals surface area contributed by atoms with E-state index in [1.54, 1.807) is 6.92 Å². The highest BCUT2D eigenvalue weighted by molar-refractivity contribution is 6.77. The van der Waals surface area contributed by atoms with Gasteiger partial charge in [0, 0.05) is 0 Å². The summed E-state index contributed by atoms with van der Waals surface area (Å²) in [7, 11) is -2.01. The Bertz CT molecular complexity index is 252.